The lowest BCUT2D eigenvalue weighted by molar-refractivity contribution is -0.112. The molecule has 3 aromatic carbocycles. The number of benzene rings is 3. The summed E-state index contributed by atoms with van der Waals surface area (Å²) in [6, 6.07) is 18.2. The summed E-state index contributed by atoms with van der Waals surface area (Å²) < 4.78 is 10.2. The predicted molar refractivity (Wildman–Crippen MR) is 107 cm³/mol. The van der Waals surface area contributed by atoms with Gasteiger partial charge in [-0.25, -0.2) is 0 Å². The summed E-state index contributed by atoms with van der Waals surface area (Å²) in [6.45, 7) is 0. The Kier molecular flexibility index (Phi) is 5.47. The normalized spacial score (nSPS) is 11.0. The van der Waals surface area contributed by atoms with Crippen LogP contribution in [0, 0.1) is 11.3 Å². The van der Waals surface area contributed by atoms with Gasteiger partial charge in [-0.1, -0.05) is 30.3 Å². The van der Waals surface area contributed by atoms with Gasteiger partial charge >= 0.3 is 0 Å². The Hall–Kier alpha value is -3.98. The Labute approximate surface area is 162 Å². The molecule has 6 heteroatoms. The fourth-order valence-electron chi connectivity index (χ4n) is 2.78. The lowest BCUT2D eigenvalue weighted by Gasteiger charge is -2.10. The molecule has 0 aromatic heterocycles. The van der Waals surface area contributed by atoms with Crippen LogP contribution in [0.3, 0.4) is 0 Å². The molecule has 2 N–H and O–H groups in total. The first kappa shape index (κ1) is 18.8. The Balaban J connectivity index is 1.89. The molecular formula is C22H18N2O4. The van der Waals surface area contributed by atoms with Crippen molar-refractivity contribution in [2.75, 3.05) is 19.5 Å². The number of nitriles is 1. The van der Waals surface area contributed by atoms with Gasteiger partial charge in [0, 0.05) is 5.69 Å². The van der Waals surface area contributed by atoms with Gasteiger partial charge in [-0.3, -0.25) is 4.79 Å². The molecule has 28 heavy (non-hydrogen) atoms. The molecule has 1 amide bonds. The molecule has 0 aliphatic rings. The molecule has 0 bridgehead atoms. The number of carbonyl (C=O) groups is 1. The second-order valence-corrected chi connectivity index (χ2v) is 5.96. The molecule has 0 aliphatic heterocycles. The highest BCUT2D eigenvalue weighted by Crippen LogP contribution is 2.37. The van der Waals surface area contributed by atoms with E-state index in [9.17, 15) is 15.2 Å². The number of carbonyl (C=O) groups excluding carboxylic acids is 1. The molecule has 0 heterocycles. The van der Waals surface area contributed by atoms with E-state index < -0.39 is 5.91 Å². The number of nitrogens with one attached hydrogen (secondary N) is 1. The van der Waals surface area contributed by atoms with Crippen LogP contribution < -0.4 is 14.8 Å². The summed E-state index contributed by atoms with van der Waals surface area (Å²) in [5.41, 5.74) is 0.977. The Morgan fingerprint density at radius 3 is 2.29 bits per heavy atom. The van der Waals surface area contributed by atoms with Gasteiger partial charge in [0.2, 0.25) is 5.75 Å². The van der Waals surface area contributed by atoms with E-state index in [1.807, 2.05) is 42.5 Å². The minimum Gasteiger partial charge on any atom is -0.502 e. The van der Waals surface area contributed by atoms with Crippen LogP contribution in [0.4, 0.5) is 5.69 Å². The molecular weight excluding hydrogens is 356 g/mol. The van der Waals surface area contributed by atoms with E-state index in [0.29, 0.717) is 11.3 Å². The van der Waals surface area contributed by atoms with Gasteiger partial charge < -0.3 is 19.9 Å². The van der Waals surface area contributed by atoms with Crippen molar-refractivity contribution < 1.29 is 19.4 Å². The molecule has 0 aliphatic carbocycles. The van der Waals surface area contributed by atoms with E-state index in [4.69, 9.17) is 9.47 Å². The Morgan fingerprint density at radius 1 is 1.04 bits per heavy atom. The van der Waals surface area contributed by atoms with Gasteiger partial charge in [0.15, 0.2) is 11.5 Å². The number of nitrogens with zero attached hydrogens (tertiary/aromatic N) is 1. The van der Waals surface area contributed by atoms with Crippen LogP contribution in [0.2, 0.25) is 0 Å². The van der Waals surface area contributed by atoms with E-state index in [2.05, 4.69) is 5.32 Å². The van der Waals surface area contributed by atoms with Crippen molar-refractivity contribution in [1.82, 2.24) is 0 Å². The minimum atomic E-state index is -0.538. The monoisotopic (exact) mass is 374 g/mol. The van der Waals surface area contributed by atoms with Crippen LogP contribution in [0.15, 0.2) is 60.2 Å². The maximum absolute atomic E-state index is 12.5. The second-order valence-electron chi connectivity index (χ2n) is 5.96. The molecule has 0 unspecified atom stereocenters. The molecule has 3 rings (SSSR count). The molecule has 140 valence electrons. The molecule has 0 fully saturated rings. The smallest absolute Gasteiger partial charge is 0.266 e. The largest absolute Gasteiger partial charge is 0.502 e. The van der Waals surface area contributed by atoms with Gasteiger partial charge in [0.05, 0.1) is 14.2 Å². The number of aromatic hydroxyl groups is 1. The number of hydrogen-bond donors (Lipinski definition) is 2. The van der Waals surface area contributed by atoms with Crippen LogP contribution in [0.1, 0.15) is 5.56 Å². The maximum atomic E-state index is 12.5. The zero-order chi connectivity index (χ0) is 20.1. The van der Waals surface area contributed by atoms with Gasteiger partial charge in [-0.05, 0) is 46.7 Å². The zero-order valence-electron chi connectivity index (χ0n) is 15.4. The van der Waals surface area contributed by atoms with E-state index in [1.165, 1.54) is 32.4 Å². The van der Waals surface area contributed by atoms with Crippen molar-refractivity contribution >= 4 is 28.4 Å². The van der Waals surface area contributed by atoms with Crippen molar-refractivity contribution in [1.29, 1.82) is 5.26 Å². The van der Waals surface area contributed by atoms with Crippen molar-refractivity contribution in [2.45, 2.75) is 0 Å². The molecule has 0 saturated carbocycles. The van der Waals surface area contributed by atoms with Gasteiger partial charge in [0.25, 0.3) is 5.91 Å². The van der Waals surface area contributed by atoms with Crippen molar-refractivity contribution in [3.63, 3.8) is 0 Å². The van der Waals surface area contributed by atoms with E-state index in [-0.39, 0.29) is 22.8 Å². The average molecular weight is 374 g/mol. The highest BCUT2D eigenvalue weighted by molar-refractivity contribution is 6.10. The number of phenolic OH excluding ortho intramolecular Hbond substituents is 1. The van der Waals surface area contributed by atoms with E-state index in [0.717, 1.165) is 10.8 Å². The first-order valence-electron chi connectivity index (χ1n) is 8.42. The third-order valence-electron chi connectivity index (χ3n) is 4.19. The summed E-state index contributed by atoms with van der Waals surface area (Å²) in [7, 11) is 2.80. The molecule has 0 spiro atoms. The summed E-state index contributed by atoms with van der Waals surface area (Å²) in [5.74, 6) is -0.333. The molecule has 6 nitrogen and oxygen atoms in total. The number of phenols is 1. The first-order valence-corrected chi connectivity index (χ1v) is 8.42. The quantitative estimate of drug-likeness (QED) is 0.518. The van der Waals surface area contributed by atoms with Crippen molar-refractivity contribution in [2.24, 2.45) is 0 Å². The van der Waals surface area contributed by atoms with Gasteiger partial charge in [-0.15, -0.1) is 0 Å². The van der Waals surface area contributed by atoms with Crippen LogP contribution in [0.5, 0.6) is 17.2 Å². The van der Waals surface area contributed by atoms with Crippen LogP contribution in [-0.4, -0.2) is 25.2 Å². The van der Waals surface area contributed by atoms with Crippen molar-refractivity contribution in [3.8, 4) is 23.3 Å². The lowest BCUT2D eigenvalue weighted by atomic mass is 10.1. The first-order chi connectivity index (χ1) is 13.5. The highest BCUT2D eigenvalue weighted by Gasteiger charge is 2.14. The number of fused-ring (bicyclic) bond motifs is 1. The maximum Gasteiger partial charge on any atom is 0.266 e. The zero-order valence-corrected chi connectivity index (χ0v) is 15.4. The molecule has 0 saturated heterocycles. The number of anilines is 1. The summed E-state index contributed by atoms with van der Waals surface area (Å²) in [5, 5.41) is 24.2. The van der Waals surface area contributed by atoms with E-state index in [1.54, 1.807) is 6.07 Å². The van der Waals surface area contributed by atoms with Crippen LogP contribution >= 0.6 is 0 Å². The van der Waals surface area contributed by atoms with Crippen LogP contribution in [-0.2, 0) is 4.79 Å². The van der Waals surface area contributed by atoms with Gasteiger partial charge in [-0.2, -0.15) is 5.26 Å². The summed E-state index contributed by atoms with van der Waals surface area (Å²) >= 11 is 0. The number of amides is 1. The Morgan fingerprint density at radius 2 is 1.68 bits per heavy atom. The second kappa shape index (κ2) is 8.14. The summed E-state index contributed by atoms with van der Waals surface area (Å²) in [4.78, 5) is 12.5. The number of hydrogen-bond acceptors (Lipinski definition) is 5. The lowest BCUT2D eigenvalue weighted by Crippen LogP contribution is -2.13. The standard InChI is InChI=1S/C22H18N2O4/c1-27-19-10-14(11-20(28-2)21(19)25)9-17(13-23)22(26)24-18-8-7-15-5-3-4-6-16(15)12-18/h3-12,25H,1-2H3,(H,24,26)/b17-9-. The highest BCUT2D eigenvalue weighted by atomic mass is 16.5. The minimum absolute atomic E-state index is 0.0945. The third-order valence-corrected chi connectivity index (χ3v) is 4.19. The molecule has 0 radical (unpaired) electrons. The topological polar surface area (TPSA) is 91.6 Å². The van der Waals surface area contributed by atoms with Crippen molar-refractivity contribution in [3.05, 3.63) is 65.7 Å². The predicted octanol–water partition coefficient (Wildman–Crippen LogP) is 4.11. The fraction of sp³-hybridized carbons (Fsp3) is 0.0909. The third kappa shape index (κ3) is 3.89. The number of ether oxygens (including phenoxy) is 2. The fourth-order valence-corrected chi connectivity index (χ4v) is 2.78. The SMILES string of the molecule is COc1cc(/C=C(/C#N)C(=O)Nc2ccc3ccccc3c2)cc(OC)c1O. The number of methoxy groups -OCH3 is 2. The average Bonchev–Trinajstić information content (AvgIpc) is 2.72. The summed E-state index contributed by atoms with van der Waals surface area (Å²) in [6.07, 6.45) is 1.40. The molecule has 3 aromatic rings. The molecule has 0 atom stereocenters. The van der Waals surface area contributed by atoms with E-state index >= 15 is 0 Å². The van der Waals surface area contributed by atoms with Crippen LogP contribution in [0.25, 0.3) is 16.8 Å². The number of rotatable bonds is 5. The Bertz CT molecular complexity index is 1090. The van der Waals surface area contributed by atoms with Gasteiger partial charge in [0.1, 0.15) is 11.6 Å².